The van der Waals surface area contributed by atoms with Crippen molar-refractivity contribution in [2.75, 3.05) is 32.2 Å². The predicted molar refractivity (Wildman–Crippen MR) is 74.8 cm³/mol. The number of halogens is 1. The fourth-order valence-electron chi connectivity index (χ4n) is 2.11. The summed E-state index contributed by atoms with van der Waals surface area (Å²) in [6.45, 7) is 1.32. The summed E-state index contributed by atoms with van der Waals surface area (Å²) < 4.78 is 5.33. The van der Waals surface area contributed by atoms with E-state index in [4.69, 9.17) is 10.5 Å². The van der Waals surface area contributed by atoms with Gasteiger partial charge in [0.25, 0.3) is 0 Å². The van der Waals surface area contributed by atoms with Gasteiger partial charge in [-0.15, -0.1) is 12.4 Å². The summed E-state index contributed by atoms with van der Waals surface area (Å²) in [4.78, 5) is 13.9. The molecule has 0 bridgehead atoms. The lowest BCUT2D eigenvalue weighted by Crippen LogP contribution is -2.51. The van der Waals surface area contributed by atoms with Gasteiger partial charge in [0.1, 0.15) is 0 Å². The summed E-state index contributed by atoms with van der Waals surface area (Å²) >= 11 is 1.70. The Hall–Kier alpha value is 0.0300. The fourth-order valence-corrected chi connectivity index (χ4v) is 2.49. The number of methoxy groups -OCH3 is 1. The number of nitrogens with zero attached hydrogens (tertiary/aromatic N) is 1. The Morgan fingerprint density at radius 2 is 2.29 bits per heavy atom. The van der Waals surface area contributed by atoms with Crippen molar-refractivity contribution in [1.82, 2.24) is 4.90 Å². The zero-order valence-electron chi connectivity index (χ0n) is 10.6. The maximum Gasteiger partial charge on any atom is 0.223 e. The van der Waals surface area contributed by atoms with Crippen molar-refractivity contribution in [3.63, 3.8) is 0 Å². The van der Waals surface area contributed by atoms with Crippen molar-refractivity contribution in [2.45, 2.75) is 31.4 Å². The van der Waals surface area contributed by atoms with Crippen molar-refractivity contribution in [1.29, 1.82) is 0 Å². The summed E-state index contributed by atoms with van der Waals surface area (Å²) in [6.07, 6.45) is 4.70. The molecule has 17 heavy (non-hydrogen) atoms. The number of hydrogen-bond acceptors (Lipinski definition) is 4. The summed E-state index contributed by atoms with van der Waals surface area (Å²) in [5.41, 5.74) is 5.72. The standard InChI is InChI=1S/C11H22N2O2S.ClH/c1-15-10-3-5-13(9(7-10)8-12)11(14)4-6-16-2;/h9-10H,3-8,12H2,1-2H3;1H. The van der Waals surface area contributed by atoms with Crippen molar-refractivity contribution in [3.8, 4) is 0 Å². The van der Waals surface area contributed by atoms with Crippen LogP contribution in [0.4, 0.5) is 0 Å². The van der Waals surface area contributed by atoms with Gasteiger partial charge < -0.3 is 15.4 Å². The molecule has 0 aromatic carbocycles. The average molecular weight is 283 g/mol. The molecule has 0 aromatic rings. The van der Waals surface area contributed by atoms with Crippen LogP contribution in [0.15, 0.2) is 0 Å². The van der Waals surface area contributed by atoms with E-state index in [1.807, 2.05) is 11.2 Å². The van der Waals surface area contributed by atoms with Crippen LogP contribution in [-0.2, 0) is 9.53 Å². The summed E-state index contributed by atoms with van der Waals surface area (Å²) in [5, 5.41) is 0. The van der Waals surface area contributed by atoms with E-state index in [1.54, 1.807) is 18.9 Å². The number of thioether (sulfide) groups is 1. The maximum absolute atomic E-state index is 11.9. The number of hydrogen-bond donors (Lipinski definition) is 1. The molecule has 2 N–H and O–H groups in total. The Morgan fingerprint density at radius 3 is 2.82 bits per heavy atom. The molecule has 1 fully saturated rings. The minimum absolute atomic E-state index is 0. The van der Waals surface area contributed by atoms with Crippen LogP contribution in [0.2, 0.25) is 0 Å². The Morgan fingerprint density at radius 1 is 1.59 bits per heavy atom. The number of carbonyl (C=O) groups excluding carboxylic acids is 1. The number of ether oxygens (including phenoxy) is 1. The lowest BCUT2D eigenvalue weighted by atomic mass is 9.99. The molecule has 2 unspecified atom stereocenters. The van der Waals surface area contributed by atoms with Gasteiger partial charge in [-0.3, -0.25) is 4.79 Å². The molecule has 2 atom stereocenters. The average Bonchev–Trinajstić information content (AvgIpc) is 2.34. The van der Waals surface area contributed by atoms with Gasteiger partial charge in [-0.25, -0.2) is 0 Å². The van der Waals surface area contributed by atoms with Crippen LogP contribution in [0.3, 0.4) is 0 Å². The second-order valence-corrected chi connectivity index (χ2v) is 5.09. The van der Waals surface area contributed by atoms with Gasteiger partial charge in [-0.2, -0.15) is 11.8 Å². The summed E-state index contributed by atoms with van der Waals surface area (Å²) in [5.74, 6) is 1.12. The van der Waals surface area contributed by atoms with Crippen LogP contribution >= 0.6 is 24.2 Å². The van der Waals surface area contributed by atoms with Crippen LogP contribution < -0.4 is 5.73 Å². The van der Waals surface area contributed by atoms with Crippen LogP contribution in [0.5, 0.6) is 0 Å². The van der Waals surface area contributed by atoms with Crippen molar-refractivity contribution >= 4 is 30.1 Å². The smallest absolute Gasteiger partial charge is 0.223 e. The molecule has 1 amide bonds. The molecule has 0 aliphatic carbocycles. The molecule has 0 saturated carbocycles. The highest BCUT2D eigenvalue weighted by Crippen LogP contribution is 2.20. The van der Waals surface area contributed by atoms with Gasteiger partial charge in [0.05, 0.1) is 6.10 Å². The SMILES string of the molecule is COC1CCN(C(=O)CCSC)C(CN)C1.Cl. The summed E-state index contributed by atoms with van der Waals surface area (Å²) in [6, 6.07) is 0.160. The molecule has 6 heteroatoms. The monoisotopic (exact) mass is 282 g/mol. The first kappa shape index (κ1) is 17.0. The van der Waals surface area contributed by atoms with Crippen LogP contribution in [-0.4, -0.2) is 55.2 Å². The zero-order valence-corrected chi connectivity index (χ0v) is 12.2. The van der Waals surface area contributed by atoms with E-state index in [1.165, 1.54) is 0 Å². The van der Waals surface area contributed by atoms with Crippen molar-refractivity contribution in [2.24, 2.45) is 5.73 Å². The van der Waals surface area contributed by atoms with Gasteiger partial charge in [-0.05, 0) is 19.1 Å². The zero-order chi connectivity index (χ0) is 12.0. The third-order valence-electron chi connectivity index (χ3n) is 3.11. The quantitative estimate of drug-likeness (QED) is 0.821. The molecular weight excluding hydrogens is 260 g/mol. The van der Waals surface area contributed by atoms with E-state index in [-0.39, 0.29) is 30.5 Å². The molecule has 0 spiro atoms. The Bertz CT molecular complexity index is 232. The first-order valence-corrected chi connectivity index (χ1v) is 7.13. The molecule has 4 nitrogen and oxygen atoms in total. The van der Waals surface area contributed by atoms with Crippen LogP contribution in [0.1, 0.15) is 19.3 Å². The molecule has 0 aromatic heterocycles. The highest BCUT2D eigenvalue weighted by molar-refractivity contribution is 7.98. The third-order valence-corrected chi connectivity index (χ3v) is 3.73. The lowest BCUT2D eigenvalue weighted by Gasteiger charge is -2.38. The number of amides is 1. The molecule has 102 valence electrons. The first-order valence-electron chi connectivity index (χ1n) is 5.74. The van der Waals surface area contributed by atoms with Crippen LogP contribution in [0.25, 0.3) is 0 Å². The van der Waals surface area contributed by atoms with Gasteiger partial charge in [0.2, 0.25) is 5.91 Å². The van der Waals surface area contributed by atoms with E-state index in [0.717, 1.165) is 25.1 Å². The first-order chi connectivity index (χ1) is 7.72. The minimum Gasteiger partial charge on any atom is -0.381 e. The van der Waals surface area contributed by atoms with E-state index < -0.39 is 0 Å². The Balaban J connectivity index is 0.00000256. The van der Waals surface area contributed by atoms with E-state index >= 15 is 0 Å². The summed E-state index contributed by atoms with van der Waals surface area (Å²) in [7, 11) is 1.73. The number of carbonyl (C=O) groups is 1. The topological polar surface area (TPSA) is 55.6 Å². The van der Waals surface area contributed by atoms with E-state index in [2.05, 4.69) is 0 Å². The minimum atomic E-state index is 0. The van der Waals surface area contributed by atoms with E-state index in [0.29, 0.717) is 13.0 Å². The van der Waals surface area contributed by atoms with Crippen molar-refractivity contribution in [3.05, 3.63) is 0 Å². The Kier molecular flexibility index (Phi) is 9.04. The van der Waals surface area contributed by atoms with Gasteiger partial charge in [-0.1, -0.05) is 0 Å². The lowest BCUT2D eigenvalue weighted by molar-refractivity contribution is -0.136. The predicted octanol–water partition coefficient (Wildman–Crippen LogP) is 1.13. The number of rotatable bonds is 5. The molecule has 1 heterocycles. The second-order valence-electron chi connectivity index (χ2n) is 4.10. The molecule has 1 saturated heterocycles. The molecule has 1 rings (SSSR count). The second kappa shape index (κ2) is 9.03. The number of piperidine rings is 1. The molecule has 1 aliphatic rings. The molecule has 0 radical (unpaired) electrons. The normalized spacial score (nSPS) is 24.3. The molecular formula is C11H23ClN2O2S. The number of likely N-dealkylation sites (tertiary alicyclic amines) is 1. The van der Waals surface area contributed by atoms with Gasteiger partial charge in [0, 0.05) is 38.4 Å². The number of nitrogens with two attached hydrogens (primary N) is 1. The fraction of sp³-hybridized carbons (Fsp3) is 0.909. The van der Waals surface area contributed by atoms with Gasteiger partial charge >= 0.3 is 0 Å². The highest BCUT2D eigenvalue weighted by atomic mass is 35.5. The highest BCUT2D eigenvalue weighted by Gasteiger charge is 2.30. The van der Waals surface area contributed by atoms with Crippen LogP contribution in [0, 0.1) is 0 Å². The van der Waals surface area contributed by atoms with Crippen molar-refractivity contribution < 1.29 is 9.53 Å². The van der Waals surface area contributed by atoms with E-state index in [9.17, 15) is 4.79 Å². The largest absolute Gasteiger partial charge is 0.381 e. The maximum atomic E-state index is 11.9. The van der Waals surface area contributed by atoms with Gasteiger partial charge in [0.15, 0.2) is 0 Å². The Labute approximate surface area is 114 Å². The third kappa shape index (κ3) is 5.04. The molecule has 1 aliphatic heterocycles.